The van der Waals surface area contributed by atoms with Crippen molar-refractivity contribution in [3.05, 3.63) is 0 Å². The third-order valence-electron chi connectivity index (χ3n) is 4.19. The maximum atomic E-state index is 6.02. The Hall–Kier alpha value is -0.0800. The van der Waals surface area contributed by atoms with E-state index >= 15 is 0 Å². The molecule has 2 N–H and O–H groups in total. The molecule has 0 heterocycles. The Bertz CT molecular complexity index is 195. The van der Waals surface area contributed by atoms with E-state index in [0.717, 1.165) is 12.5 Å². The zero-order valence-corrected chi connectivity index (χ0v) is 10.4. The maximum absolute atomic E-state index is 6.02. The lowest BCUT2D eigenvalue weighted by molar-refractivity contribution is 0.0140. The first-order valence-corrected chi connectivity index (χ1v) is 5.78. The fourth-order valence-corrected chi connectivity index (χ4v) is 2.84. The normalized spacial score (nSPS) is 34.1. The molecule has 0 aromatic heterocycles. The van der Waals surface area contributed by atoms with E-state index in [-0.39, 0.29) is 11.1 Å². The van der Waals surface area contributed by atoms with E-state index in [4.69, 9.17) is 5.73 Å². The second-order valence-electron chi connectivity index (χ2n) is 5.83. The van der Waals surface area contributed by atoms with Crippen molar-refractivity contribution in [3.63, 3.8) is 0 Å². The summed E-state index contributed by atoms with van der Waals surface area (Å²) in [6.07, 6.45) is 3.93. The number of nitrogens with zero attached hydrogens (tertiary/aromatic N) is 1. The molecule has 0 saturated heterocycles. The van der Waals surface area contributed by atoms with Gasteiger partial charge in [-0.3, -0.25) is 4.90 Å². The molecule has 2 unspecified atom stereocenters. The van der Waals surface area contributed by atoms with Gasteiger partial charge >= 0.3 is 0 Å². The third-order valence-corrected chi connectivity index (χ3v) is 4.19. The fourth-order valence-electron chi connectivity index (χ4n) is 2.84. The molecule has 14 heavy (non-hydrogen) atoms. The predicted molar refractivity (Wildman–Crippen MR) is 62.3 cm³/mol. The van der Waals surface area contributed by atoms with Crippen LogP contribution in [0.5, 0.6) is 0 Å². The molecule has 0 aromatic carbocycles. The molecule has 1 fully saturated rings. The Morgan fingerprint density at radius 3 is 2.29 bits per heavy atom. The maximum Gasteiger partial charge on any atom is 0.0359 e. The number of hydrogen-bond donors (Lipinski definition) is 1. The Kier molecular flexibility index (Phi) is 3.27. The van der Waals surface area contributed by atoms with E-state index < -0.39 is 0 Å². The minimum absolute atomic E-state index is 0.220. The SMILES string of the molecule is CC1CCCC1(CN)N(C)C(C)(C)C. The largest absolute Gasteiger partial charge is 0.329 e. The zero-order chi connectivity index (χ0) is 11.0. The van der Waals surface area contributed by atoms with Gasteiger partial charge in [0.25, 0.3) is 0 Å². The van der Waals surface area contributed by atoms with Crippen LogP contribution in [0.1, 0.15) is 47.0 Å². The molecule has 1 aliphatic carbocycles. The summed E-state index contributed by atoms with van der Waals surface area (Å²) in [5.41, 5.74) is 6.48. The van der Waals surface area contributed by atoms with Crippen LogP contribution in [0, 0.1) is 5.92 Å². The standard InChI is InChI=1S/C12H26N2/c1-10-7-6-8-12(10,9-13)14(5)11(2,3)4/h10H,6-9,13H2,1-5H3. The Labute approximate surface area is 88.8 Å². The zero-order valence-electron chi connectivity index (χ0n) is 10.4. The minimum atomic E-state index is 0.220. The first kappa shape index (κ1) is 12.0. The van der Waals surface area contributed by atoms with Crippen LogP contribution in [0.15, 0.2) is 0 Å². The van der Waals surface area contributed by atoms with Crippen LogP contribution < -0.4 is 5.73 Å². The monoisotopic (exact) mass is 198 g/mol. The highest BCUT2D eigenvalue weighted by Crippen LogP contribution is 2.41. The topological polar surface area (TPSA) is 29.3 Å². The van der Waals surface area contributed by atoms with Crippen molar-refractivity contribution in [1.82, 2.24) is 4.90 Å². The van der Waals surface area contributed by atoms with Gasteiger partial charge in [-0.05, 0) is 46.6 Å². The van der Waals surface area contributed by atoms with Crippen molar-refractivity contribution < 1.29 is 0 Å². The second kappa shape index (κ2) is 3.82. The lowest BCUT2D eigenvalue weighted by Gasteiger charge is -2.49. The molecule has 0 radical (unpaired) electrons. The van der Waals surface area contributed by atoms with Crippen molar-refractivity contribution in [1.29, 1.82) is 0 Å². The van der Waals surface area contributed by atoms with Gasteiger partial charge in [0.1, 0.15) is 0 Å². The fraction of sp³-hybridized carbons (Fsp3) is 1.00. The van der Waals surface area contributed by atoms with E-state index in [1.54, 1.807) is 0 Å². The molecule has 0 amide bonds. The van der Waals surface area contributed by atoms with Crippen molar-refractivity contribution >= 4 is 0 Å². The minimum Gasteiger partial charge on any atom is -0.329 e. The van der Waals surface area contributed by atoms with Gasteiger partial charge in [0.05, 0.1) is 0 Å². The molecule has 84 valence electrons. The summed E-state index contributed by atoms with van der Waals surface area (Å²) in [6.45, 7) is 9.96. The van der Waals surface area contributed by atoms with Crippen molar-refractivity contribution in [2.75, 3.05) is 13.6 Å². The van der Waals surface area contributed by atoms with E-state index in [9.17, 15) is 0 Å². The molecular formula is C12H26N2. The molecule has 2 atom stereocenters. The highest BCUT2D eigenvalue weighted by molar-refractivity contribution is 5.02. The van der Waals surface area contributed by atoms with Crippen LogP contribution >= 0.6 is 0 Å². The van der Waals surface area contributed by atoms with Gasteiger partial charge in [-0.25, -0.2) is 0 Å². The number of nitrogens with two attached hydrogens (primary N) is 1. The Morgan fingerprint density at radius 2 is 2.00 bits per heavy atom. The highest BCUT2D eigenvalue weighted by atomic mass is 15.2. The summed E-state index contributed by atoms with van der Waals surface area (Å²) >= 11 is 0. The van der Waals surface area contributed by atoms with Crippen LogP contribution in [0.2, 0.25) is 0 Å². The quantitative estimate of drug-likeness (QED) is 0.737. The van der Waals surface area contributed by atoms with Crippen LogP contribution in [0.4, 0.5) is 0 Å². The molecular weight excluding hydrogens is 172 g/mol. The van der Waals surface area contributed by atoms with E-state index in [0.29, 0.717) is 0 Å². The molecule has 1 saturated carbocycles. The molecule has 2 nitrogen and oxygen atoms in total. The average molecular weight is 198 g/mol. The Balaban J connectivity index is 2.90. The second-order valence-corrected chi connectivity index (χ2v) is 5.83. The van der Waals surface area contributed by atoms with Crippen molar-refractivity contribution in [2.45, 2.75) is 58.0 Å². The molecule has 2 heteroatoms. The lowest BCUT2D eigenvalue weighted by atomic mass is 9.83. The number of rotatable bonds is 2. The third kappa shape index (κ3) is 1.82. The molecule has 0 spiro atoms. The highest BCUT2D eigenvalue weighted by Gasteiger charge is 2.45. The van der Waals surface area contributed by atoms with E-state index in [1.807, 2.05) is 0 Å². The summed E-state index contributed by atoms with van der Waals surface area (Å²) < 4.78 is 0. The lowest BCUT2D eigenvalue weighted by Crippen LogP contribution is -2.60. The molecule has 0 aliphatic heterocycles. The molecule has 0 aromatic rings. The summed E-state index contributed by atoms with van der Waals surface area (Å²) in [6, 6.07) is 0. The smallest absolute Gasteiger partial charge is 0.0359 e. The van der Waals surface area contributed by atoms with Gasteiger partial charge in [-0.1, -0.05) is 13.3 Å². The van der Waals surface area contributed by atoms with Gasteiger partial charge in [0.15, 0.2) is 0 Å². The van der Waals surface area contributed by atoms with E-state index in [2.05, 4.69) is 39.6 Å². The molecule has 1 rings (SSSR count). The number of hydrogen-bond acceptors (Lipinski definition) is 2. The van der Waals surface area contributed by atoms with Crippen LogP contribution in [-0.2, 0) is 0 Å². The van der Waals surface area contributed by atoms with E-state index in [1.165, 1.54) is 19.3 Å². The van der Waals surface area contributed by atoms with Crippen LogP contribution in [0.3, 0.4) is 0 Å². The van der Waals surface area contributed by atoms with Crippen molar-refractivity contribution in [2.24, 2.45) is 11.7 Å². The van der Waals surface area contributed by atoms with Crippen LogP contribution in [-0.4, -0.2) is 29.6 Å². The van der Waals surface area contributed by atoms with Crippen molar-refractivity contribution in [3.8, 4) is 0 Å². The Morgan fingerprint density at radius 1 is 1.43 bits per heavy atom. The van der Waals surface area contributed by atoms with Gasteiger partial charge in [0, 0.05) is 17.6 Å². The number of likely N-dealkylation sites (N-methyl/N-ethyl adjacent to an activating group) is 1. The first-order chi connectivity index (χ1) is 6.34. The molecule has 0 bridgehead atoms. The van der Waals surface area contributed by atoms with Gasteiger partial charge in [-0.2, -0.15) is 0 Å². The summed E-state index contributed by atoms with van der Waals surface area (Å²) in [7, 11) is 2.23. The average Bonchev–Trinajstić information content (AvgIpc) is 2.45. The summed E-state index contributed by atoms with van der Waals surface area (Å²) in [4.78, 5) is 2.50. The van der Waals surface area contributed by atoms with Gasteiger partial charge in [0.2, 0.25) is 0 Å². The molecule has 1 aliphatic rings. The van der Waals surface area contributed by atoms with Crippen LogP contribution in [0.25, 0.3) is 0 Å². The van der Waals surface area contributed by atoms with Gasteiger partial charge in [-0.15, -0.1) is 0 Å². The predicted octanol–water partition coefficient (Wildman–Crippen LogP) is 2.23. The van der Waals surface area contributed by atoms with Gasteiger partial charge < -0.3 is 5.73 Å². The summed E-state index contributed by atoms with van der Waals surface area (Å²) in [5, 5.41) is 0. The first-order valence-electron chi connectivity index (χ1n) is 5.78. The summed E-state index contributed by atoms with van der Waals surface area (Å²) in [5.74, 6) is 0.733.